The van der Waals surface area contributed by atoms with Crippen LogP contribution in [-0.2, 0) is 0 Å². The molecule has 1 aromatic carbocycles. The van der Waals surface area contributed by atoms with Crippen LogP contribution < -0.4 is 10.5 Å². The summed E-state index contributed by atoms with van der Waals surface area (Å²) in [6.07, 6.45) is 1.53. The minimum absolute atomic E-state index is 0.239. The van der Waals surface area contributed by atoms with E-state index in [-0.39, 0.29) is 4.99 Å². The first-order valence-electron chi connectivity index (χ1n) is 5.03. The van der Waals surface area contributed by atoms with Gasteiger partial charge in [0.15, 0.2) is 0 Å². The monoisotopic (exact) mass is 245 g/mol. The van der Waals surface area contributed by atoms with Crippen LogP contribution in [0.3, 0.4) is 0 Å². The second kappa shape index (κ2) is 4.88. The van der Waals surface area contributed by atoms with Gasteiger partial charge in [0, 0.05) is 0 Å². The Kier molecular flexibility index (Phi) is 3.30. The molecular formula is C12H11N3OS. The van der Waals surface area contributed by atoms with Gasteiger partial charge in [-0.25, -0.2) is 0 Å². The molecule has 0 saturated carbocycles. The van der Waals surface area contributed by atoms with Crippen LogP contribution in [0.4, 0.5) is 0 Å². The van der Waals surface area contributed by atoms with E-state index in [0.29, 0.717) is 17.2 Å². The Balaban J connectivity index is 2.37. The standard InChI is InChI=1S/C12H11N3OS/c1-8-4-2-3-5-10(8)16-12-9(11(13)17)6-7-14-15-12/h2-7H,1H3,(H2,13,17). The normalized spacial score (nSPS) is 9.94. The average Bonchev–Trinajstić information content (AvgIpc) is 2.32. The average molecular weight is 245 g/mol. The van der Waals surface area contributed by atoms with Crippen molar-refractivity contribution in [3.63, 3.8) is 0 Å². The number of aromatic nitrogens is 2. The summed E-state index contributed by atoms with van der Waals surface area (Å²) in [7, 11) is 0. The quantitative estimate of drug-likeness (QED) is 0.840. The molecule has 0 aliphatic carbocycles. The Morgan fingerprint density at radius 2 is 2.06 bits per heavy atom. The first-order valence-corrected chi connectivity index (χ1v) is 5.44. The highest BCUT2D eigenvalue weighted by atomic mass is 32.1. The van der Waals surface area contributed by atoms with Crippen LogP contribution in [0.1, 0.15) is 11.1 Å². The summed E-state index contributed by atoms with van der Waals surface area (Å²) in [6.45, 7) is 1.95. The molecule has 0 aliphatic rings. The summed E-state index contributed by atoms with van der Waals surface area (Å²) in [5, 5.41) is 7.66. The molecule has 0 aliphatic heterocycles. The molecular weight excluding hydrogens is 234 g/mol. The van der Waals surface area contributed by atoms with E-state index in [1.54, 1.807) is 6.07 Å². The minimum atomic E-state index is 0.239. The Morgan fingerprint density at radius 3 is 2.76 bits per heavy atom. The van der Waals surface area contributed by atoms with E-state index in [2.05, 4.69) is 10.2 Å². The van der Waals surface area contributed by atoms with Gasteiger partial charge in [-0.15, -0.1) is 5.10 Å². The van der Waals surface area contributed by atoms with Crippen LogP contribution in [0.5, 0.6) is 11.6 Å². The summed E-state index contributed by atoms with van der Waals surface area (Å²) in [6, 6.07) is 9.31. The van der Waals surface area contributed by atoms with Crippen molar-refractivity contribution < 1.29 is 4.74 Å². The molecule has 0 atom stereocenters. The maximum Gasteiger partial charge on any atom is 0.249 e. The number of aryl methyl sites for hydroxylation is 1. The molecule has 17 heavy (non-hydrogen) atoms. The number of para-hydroxylation sites is 1. The molecule has 1 heterocycles. The Hall–Kier alpha value is -2.01. The third kappa shape index (κ3) is 2.57. The molecule has 4 nitrogen and oxygen atoms in total. The number of nitrogens with two attached hydrogens (primary N) is 1. The van der Waals surface area contributed by atoms with Crippen LogP contribution in [0.25, 0.3) is 0 Å². The maximum atomic E-state index is 5.66. The molecule has 0 bridgehead atoms. The predicted octanol–water partition coefficient (Wildman–Crippen LogP) is 2.21. The van der Waals surface area contributed by atoms with Crippen molar-refractivity contribution in [2.24, 2.45) is 5.73 Å². The number of hydrogen-bond donors (Lipinski definition) is 1. The highest BCUT2D eigenvalue weighted by Crippen LogP contribution is 2.24. The minimum Gasteiger partial charge on any atom is -0.437 e. The van der Waals surface area contributed by atoms with Crippen molar-refractivity contribution in [3.05, 3.63) is 47.7 Å². The zero-order chi connectivity index (χ0) is 12.3. The summed E-state index contributed by atoms with van der Waals surface area (Å²) in [5.41, 5.74) is 7.18. The third-order valence-corrected chi connectivity index (χ3v) is 2.47. The number of ether oxygens (including phenoxy) is 1. The van der Waals surface area contributed by atoms with Crippen molar-refractivity contribution in [2.75, 3.05) is 0 Å². The zero-order valence-corrected chi connectivity index (χ0v) is 10.1. The lowest BCUT2D eigenvalue weighted by atomic mass is 10.2. The molecule has 2 rings (SSSR count). The van der Waals surface area contributed by atoms with E-state index in [4.69, 9.17) is 22.7 Å². The SMILES string of the molecule is Cc1ccccc1Oc1nnccc1C(N)=S. The number of benzene rings is 1. The number of thiocarbonyl (C=S) groups is 1. The largest absolute Gasteiger partial charge is 0.437 e. The van der Waals surface area contributed by atoms with Gasteiger partial charge in [0.2, 0.25) is 5.88 Å². The Labute approximate surface area is 104 Å². The van der Waals surface area contributed by atoms with Crippen molar-refractivity contribution in [1.29, 1.82) is 0 Å². The van der Waals surface area contributed by atoms with E-state index < -0.39 is 0 Å². The molecule has 1 aromatic heterocycles. The second-order valence-corrected chi connectivity index (χ2v) is 3.92. The molecule has 2 aromatic rings. The number of hydrogen-bond acceptors (Lipinski definition) is 4. The van der Waals surface area contributed by atoms with E-state index >= 15 is 0 Å². The lowest BCUT2D eigenvalue weighted by molar-refractivity contribution is 0.451. The van der Waals surface area contributed by atoms with Gasteiger partial charge >= 0.3 is 0 Å². The molecule has 0 spiro atoms. The van der Waals surface area contributed by atoms with Crippen molar-refractivity contribution in [2.45, 2.75) is 6.92 Å². The van der Waals surface area contributed by atoms with Gasteiger partial charge in [-0.1, -0.05) is 30.4 Å². The summed E-state index contributed by atoms with van der Waals surface area (Å²) < 4.78 is 5.66. The molecule has 0 fully saturated rings. The van der Waals surface area contributed by atoms with Crippen molar-refractivity contribution >= 4 is 17.2 Å². The van der Waals surface area contributed by atoms with E-state index in [1.807, 2.05) is 31.2 Å². The molecule has 0 amide bonds. The highest BCUT2D eigenvalue weighted by Gasteiger charge is 2.10. The van der Waals surface area contributed by atoms with Gasteiger partial charge in [0.05, 0.1) is 11.8 Å². The van der Waals surface area contributed by atoms with Gasteiger partial charge in [-0.2, -0.15) is 5.10 Å². The predicted molar refractivity (Wildman–Crippen MR) is 69.2 cm³/mol. The Bertz CT molecular complexity index is 557. The molecule has 0 radical (unpaired) electrons. The van der Waals surface area contributed by atoms with E-state index in [1.165, 1.54) is 6.20 Å². The smallest absolute Gasteiger partial charge is 0.249 e. The summed E-state index contributed by atoms with van der Waals surface area (Å²) in [5.74, 6) is 1.04. The van der Waals surface area contributed by atoms with Gasteiger partial charge in [-0.3, -0.25) is 0 Å². The zero-order valence-electron chi connectivity index (χ0n) is 9.25. The first kappa shape index (κ1) is 11.5. The topological polar surface area (TPSA) is 61.0 Å². The lowest BCUT2D eigenvalue weighted by Gasteiger charge is -2.09. The van der Waals surface area contributed by atoms with E-state index in [0.717, 1.165) is 5.56 Å². The van der Waals surface area contributed by atoms with Gasteiger partial charge in [0.1, 0.15) is 10.7 Å². The summed E-state index contributed by atoms with van der Waals surface area (Å²) in [4.78, 5) is 0.239. The van der Waals surface area contributed by atoms with Crippen LogP contribution >= 0.6 is 12.2 Å². The Morgan fingerprint density at radius 1 is 1.29 bits per heavy atom. The molecule has 86 valence electrons. The van der Waals surface area contributed by atoms with Gasteiger partial charge in [0.25, 0.3) is 0 Å². The first-order chi connectivity index (χ1) is 8.18. The van der Waals surface area contributed by atoms with Crippen LogP contribution in [-0.4, -0.2) is 15.2 Å². The van der Waals surface area contributed by atoms with Gasteiger partial charge < -0.3 is 10.5 Å². The third-order valence-electron chi connectivity index (χ3n) is 2.25. The summed E-state index contributed by atoms with van der Waals surface area (Å²) >= 11 is 4.93. The molecule has 0 saturated heterocycles. The molecule has 5 heteroatoms. The van der Waals surface area contributed by atoms with Crippen molar-refractivity contribution in [3.8, 4) is 11.6 Å². The maximum absolute atomic E-state index is 5.66. The van der Waals surface area contributed by atoms with Crippen LogP contribution in [0.15, 0.2) is 36.5 Å². The number of nitrogens with zero attached hydrogens (tertiary/aromatic N) is 2. The number of rotatable bonds is 3. The molecule has 0 unspecified atom stereocenters. The fourth-order valence-corrected chi connectivity index (χ4v) is 1.51. The van der Waals surface area contributed by atoms with E-state index in [9.17, 15) is 0 Å². The fraction of sp³-hybridized carbons (Fsp3) is 0.0833. The lowest BCUT2D eigenvalue weighted by Crippen LogP contribution is -2.12. The highest BCUT2D eigenvalue weighted by molar-refractivity contribution is 7.80. The van der Waals surface area contributed by atoms with Crippen LogP contribution in [0, 0.1) is 6.92 Å². The molecule has 2 N–H and O–H groups in total. The van der Waals surface area contributed by atoms with Crippen molar-refractivity contribution in [1.82, 2.24) is 10.2 Å². The fourth-order valence-electron chi connectivity index (χ4n) is 1.36. The second-order valence-electron chi connectivity index (χ2n) is 3.48. The van der Waals surface area contributed by atoms with Crippen LogP contribution in [0.2, 0.25) is 0 Å². The van der Waals surface area contributed by atoms with Gasteiger partial charge in [-0.05, 0) is 24.6 Å².